The summed E-state index contributed by atoms with van der Waals surface area (Å²) in [6, 6.07) is 0. The Kier molecular flexibility index (Phi) is 2.30. The Balaban J connectivity index is 2.34. The molecule has 0 N–H and O–H groups in total. The zero-order valence-electron chi connectivity index (χ0n) is 6.76. The van der Waals surface area contributed by atoms with Crippen molar-refractivity contribution in [3.8, 4) is 0 Å². The monoisotopic (exact) mass is 141 g/mol. The molecule has 0 saturated carbocycles. The van der Waals surface area contributed by atoms with Gasteiger partial charge in [0.05, 0.1) is 0 Å². The second-order valence-corrected chi connectivity index (χ2v) is 3.13. The lowest BCUT2D eigenvalue weighted by Gasteiger charge is -2.07. The van der Waals surface area contributed by atoms with Crippen LogP contribution in [0.2, 0.25) is 0 Å². The van der Waals surface area contributed by atoms with Gasteiger partial charge in [0.25, 0.3) is 0 Å². The van der Waals surface area contributed by atoms with Crippen molar-refractivity contribution >= 4 is 5.91 Å². The van der Waals surface area contributed by atoms with Crippen LogP contribution < -0.4 is 0 Å². The van der Waals surface area contributed by atoms with E-state index in [0.717, 1.165) is 13.0 Å². The molecule has 2 heteroatoms. The Morgan fingerprint density at radius 1 is 1.70 bits per heavy atom. The fourth-order valence-corrected chi connectivity index (χ4v) is 1.56. The molecular weight excluding hydrogens is 126 g/mol. The Morgan fingerprint density at radius 3 is 2.80 bits per heavy atom. The normalized spacial score (nSPS) is 26.0. The van der Waals surface area contributed by atoms with Crippen LogP contribution in [0.3, 0.4) is 0 Å². The van der Waals surface area contributed by atoms with Crippen molar-refractivity contribution in [2.24, 2.45) is 5.92 Å². The molecule has 1 atom stereocenters. The van der Waals surface area contributed by atoms with Gasteiger partial charge in [0, 0.05) is 20.0 Å². The molecule has 10 heavy (non-hydrogen) atoms. The van der Waals surface area contributed by atoms with Crippen LogP contribution in [0.1, 0.15) is 26.2 Å². The lowest BCUT2D eigenvalue weighted by atomic mass is 10.0. The summed E-state index contributed by atoms with van der Waals surface area (Å²) in [6.45, 7) is 3.15. The van der Waals surface area contributed by atoms with Crippen molar-refractivity contribution in [3.63, 3.8) is 0 Å². The van der Waals surface area contributed by atoms with Gasteiger partial charge in [0.15, 0.2) is 0 Å². The molecule has 0 radical (unpaired) electrons. The van der Waals surface area contributed by atoms with Crippen molar-refractivity contribution in [2.75, 3.05) is 13.6 Å². The first-order chi connectivity index (χ1) is 4.74. The second-order valence-electron chi connectivity index (χ2n) is 3.13. The number of hydrogen-bond acceptors (Lipinski definition) is 1. The largest absolute Gasteiger partial charge is 0.345 e. The molecule has 0 aliphatic carbocycles. The summed E-state index contributed by atoms with van der Waals surface area (Å²) in [5, 5.41) is 0. The van der Waals surface area contributed by atoms with Crippen molar-refractivity contribution in [1.29, 1.82) is 0 Å². The Hall–Kier alpha value is -0.530. The summed E-state index contributed by atoms with van der Waals surface area (Å²) >= 11 is 0. The van der Waals surface area contributed by atoms with E-state index in [4.69, 9.17) is 0 Å². The lowest BCUT2D eigenvalue weighted by Crippen LogP contribution is -2.18. The molecule has 1 fully saturated rings. The summed E-state index contributed by atoms with van der Waals surface area (Å²) in [5.41, 5.74) is 0. The van der Waals surface area contributed by atoms with E-state index in [-0.39, 0.29) is 0 Å². The number of hydrogen-bond donors (Lipinski definition) is 0. The average molecular weight is 141 g/mol. The Morgan fingerprint density at radius 2 is 2.40 bits per heavy atom. The molecule has 0 aromatic carbocycles. The zero-order chi connectivity index (χ0) is 7.56. The molecule has 0 aromatic rings. The van der Waals surface area contributed by atoms with Crippen LogP contribution in [0.15, 0.2) is 0 Å². The highest BCUT2D eigenvalue weighted by Gasteiger charge is 2.25. The van der Waals surface area contributed by atoms with E-state index in [2.05, 4.69) is 6.92 Å². The molecule has 1 rings (SSSR count). The highest BCUT2D eigenvalue weighted by Crippen LogP contribution is 2.20. The van der Waals surface area contributed by atoms with Gasteiger partial charge in [0.1, 0.15) is 0 Å². The molecule has 1 heterocycles. The van der Waals surface area contributed by atoms with Gasteiger partial charge in [-0.05, 0) is 12.3 Å². The van der Waals surface area contributed by atoms with Gasteiger partial charge in [-0.2, -0.15) is 0 Å². The fourth-order valence-electron chi connectivity index (χ4n) is 1.56. The predicted molar refractivity (Wildman–Crippen MR) is 40.7 cm³/mol. The van der Waals surface area contributed by atoms with Crippen molar-refractivity contribution in [3.05, 3.63) is 0 Å². The minimum Gasteiger partial charge on any atom is -0.345 e. The van der Waals surface area contributed by atoms with E-state index < -0.39 is 0 Å². The first-order valence-electron chi connectivity index (χ1n) is 3.98. The maximum Gasteiger partial charge on any atom is 0.222 e. The van der Waals surface area contributed by atoms with Gasteiger partial charge in [-0.15, -0.1) is 0 Å². The maximum atomic E-state index is 11.0. The van der Waals surface area contributed by atoms with E-state index >= 15 is 0 Å². The topological polar surface area (TPSA) is 20.3 Å². The Labute approximate surface area is 62.2 Å². The summed E-state index contributed by atoms with van der Waals surface area (Å²) in [5.74, 6) is 0.959. The van der Waals surface area contributed by atoms with Crippen LogP contribution >= 0.6 is 0 Å². The highest BCUT2D eigenvalue weighted by molar-refractivity contribution is 5.78. The van der Waals surface area contributed by atoms with Crippen LogP contribution in [0, 0.1) is 5.92 Å². The molecule has 1 aliphatic rings. The minimum atomic E-state index is 0.318. The number of likely N-dealkylation sites (tertiary alicyclic amines) is 1. The number of rotatable bonds is 2. The van der Waals surface area contributed by atoms with E-state index in [1.54, 1.807) is 0 Å². The smallest absolute Gasteiger partial charge is 0.222 e. The molecule has 0 spiro atoms. The zero-order valence-corrected chi connectivity index (χ0v) is 6.76. The SMILES string of the molecule is CCCC1CC(=O)N(C)C1. The van der Waals surface area contributed by atoms with Gasteiger partial charge >= 0.3 is 0 Å². The average Bonchev–Trinajstić information content (AvgIpc) is 2.14. The number of amides is 1. The fraction of sp³-hybridized carbons (Fsp3) is 0.875. The minimum absolute atomic E-state index is 0.318. The molecule has 1 unspecified atom stereocenters. The molecule has 2 nitrogen and oxygen atoms in total. The maximum absolute atomic E-state index is 11.0. The van der Waals surface area contributed by atoms with E-state index in [0.29, 0.717) is 11.8 Å². The molecule has 0 aromatic heterocycles. The molecule has 58 valence electrons. The van der Waals surface area contributed by atoms with Crippen LogP contribution in [-0.4, -0.2) is 24.4 Å². The van der Waals surface area contributed by atoms with Crippen molar-refractivity contribution < 1.29 is 4.79 Å². The Bertz CT molecular complexity index is 133. The third kappa shape index (κ3) is 1.49. The summed E-state index contributed by atoms with van der Waals surface area (Å²) in [7, 11) is 1.89. The molecular formula is C8H15NO. The van der Waals surface area contributed by atoms with Gasteiger partial charge in [-0.25, -0.2) is 0 Å². The first kappa shape index (κ1) is 7.58. The number of nitrogens with zero attached hydrogens (tertiary/aromatic N) is 1. The van der Waals surface area contributed by atoms with Crippen LogP contribution in [0.5, 0.6) is 0 Å². The van der Waals surface area contributed by atoms with Crippen LogP contribution in [-0.2, 0) is 4.79 Å². The van der Waals surface area contributed by atoms with Gasteiger partial charge in [0.2, 0.25) is 5.91 Å². The first-order valence-corrected chi connectivity index (χ1v) is 3.98. The van der Waals surface area contributed by atoms with Gasteiger partial charge < -0.3 is 4.90 Å². The quantitative estimate of drug-likeness (QED) is 0.567. The molecule has 1 saturated heterocycles. The third-order valence-corrected chi connectivity index (χ3v) is 2.12. The van der Waals surface area contributed by atoms with Gasteiger partial charge in [-0.3, -0.25) is 4.79 Å². The summed E-state index contributed by atoms with van der Waals surface area (Å²) in [4.78, 5) is 12.8. The predicted octanol–water partition coefficient (Wildman–Crippen LogP) is 1.26. The van der Waals surface area contributed by atoms with Crippen LogP contribution in [0.4, 0.5) is 0 Å². The van der Waals surface area contributed by atoms with Gasteiger partial charge in [-0.1, -0.05) is 13.3 Å². The number of carbonyl (C=O) groups is 1. The van der Waals surface area contributed by atoms with E-state index in [9.17, 15) is 4.79 Å². The lowest BCUT2D eigenvalue weighted by molar-refractivity contribution is -0.126. The van der Waals surface area contributed by atoms with E-state index in [1.165, 1.54) is 12.8 Å². The van der Waals surface area contributed by atoms with Crippen molar-refractivity contribution in [2.45, 2.75) is 26.2 Å². The van der Waals surface area contributed by atoms with E-state index in [1.807, 2.05) is 11.9 Å². The number of carbonyl (C=O) groups excluding carboxylic acids is 1. The summed E-state index contributed by atoms with van der Waals surface area (Å²) < 4.78 is 0. The van der Waals surface area contributed by atoms with Crippen LogP contribution in [0.25, 0.3) is 0 Å². The second kappa shape index (κ2) is 3.04. The standard InChI is InChI=1S/C8H15NO/c1-3-4-7-5-8(10)9(2)6-7/h7H,3-6H2,1-2H3. The third-order valence-electron chi connectivity index (χ3n) is 2.12. The van der Waals surface area contributed by atoms with Crippen molar-refractivity contribution in [1.82, 2.24) is 4.90 Å². The molecule has 0 bridgehead atoms. The molecule has 1 aliphatic heterocycles. The highest BCUT2D eigenvalue weighted by atomic mass is 16.2. The molecule has 1 amide bonds. The summed E-state index contributed by atoms with van der Waals surface area (Å²) in [6.07, 6.45) is 3.19.